The van der Waals surface area contributed by atoms with Gasteiger partial charge in [-0.15, -0.1) is 0 Å². The van der Waals surface area contributed by atoms with Crippen LogP contribution in [0.4, 0.5) is 14.9 Å². The summed E-state index contributed by atoms with van der Waals surface area (Å²) in [6.07, 6.45) is 2.52. The number of amides is 1. The molecular formula is C17H24FIN2O2. The second-order valence-electron chi connectivity index (χ2n) is 6.86. The molecule has 1 heterocycles. The molecule has 0 bridgehead atoms. The lowest BCUT2D eigenvalue weighted by Gasteiger charge is -2.26. The minimum Gasteiger partial charge on any atom is -0.444 e. The molecule has 1 fully saturated rings. The predicted molar refractivity (Wildman–Crippen MR) is 98.2 cm³/mol. The number of hydrogen-bond donors (Lipinski definition) is 1. The molecule has 1 aliphatic rings. The first-order chi connectivity index (χ1) is 10.7. The second kappa shape index (κ2) is 7.68. The number of benzene rings is 1. The molecule has 1 aliphatic heterocycles. The first-order valence-corrected chi connectivity index (χ1v) is 9.02. The van der Waals surface area contributed by atoms with Gasteiger partial charge in [0.15, 0.2) is 0 Å². The summed E-state index contributed by atoms with van der Waals surface area (Å²) in [5.74, 6) is -0.225. The number of rotatable bonds is 2. The third-order valence-corrected chi connectivity index (χ3v) is 4.56. The van der Waals surface area contributed by atoms with E-state index >= 15 is 0 Å². The number of hydrogen-bond acceptors (Lipinski definition) is 3. The number of likely N-dealkylation sites (tertiary alicyclic amines) is 1. The van der Waals surface area contributed by atoms with Gasteiger partial charge < -0.3 is 15.0 Å². The van der Waals surface area contributed by atoms with Crippen molar-refractivity contribution in [2.75, 3.05) is 18.4 Å². The molecule has 0 aromatic heterocycles. The van der Waals surface area contributed by atoms with E-state index in [0.29, 0.717) is 13.1 Å². The zero-order valence-electron chi connectivity index (χ0n) is 13.9. The lowest BCUT2D eigenvalue weighted by atomic mass is 10.1. The molecule has 128 valence electrons. The highest BCUT2D eigenvalue weighted by molar-refractivity contribution is 14.1. The zero-order valence-corrected chi connectivity index (χ0v) is 16.0. The lowest BCUT2D eigenvalue weighted by molar-refractivity contribution is 0.0256. The van der Waals surface area contributed by atoms with Gasteiger partial charge in [0.05, 0.1) is 0 Å². The molecule has 1 aromatic rings. The fraction of sp³-hybridized carbons (Fsp3) is 0.588. The Morgan fingerprint density at radius 2 is 2.09 bits per heavy atom. The summed E-state index contributed by atoms with van der Waals surface area (Å²) in [6.45, 7) is 7.02. The van der Waals surface area contributed by atoms with Crippen LogP contribution in [0.5, 0.6) is 0 Å². The van der Waals surface area contributed by atoms with E-state index in [1.54, 1.807) is 11.0 Å². The summed E-state index contributed by atoms with van der Waals surface area (Å²) in [7, 11) is 0. The van der Waals surface area contributed by atoms with Gasteiger partial charge in [-0.05, 0) is 80.8 Å². The Balaban J connectivity index is 1.92. The molecule has 0 spiro atoms. The first-order valence-electron chi connectivity index (χ1n) is 7.94. The maximum atomic E-state index is 13.2. The molecule has 1 atom stereocenters. The van der Waals surface area contributed by atoms with Crippen molar-refractivity contribution in [1.29, 1.82) is 0 Å². The van der Waals surface area contributed by atoms with Crippen LogP contribution in [0.3, 0.4) is 0 Å². The summed E-state index contributed by atoms with van der Waals surface area (Å²) in [5.41, 5.74) is 0.480. The summed E-state index contributed by atoms with van der Waals surface area (Å²) in [5, 5.41) is 3.47. The average molecular weight is 434 g/mol. The van der Waals surface area contributed by atoms with Gasteiger partial charge in [-0.1, -0.05) is 0 Å². The molecule has 2 rings (SSSR count). The van der Waals surface area contributed by atoms with Crippen molar-refractivity contribution in [2.24, 2.45) is 0 Å². The third kappa shape index (κ3) is 5.82. The minimum absolute atomic E-state index is 0.225. The molecule has 23 heavy (non-hydrogen) atoms. The number of nitrogens with zero attached hydrogens (tertiary/aromatic N) is 1. The smallest absolute Gasteiger partial charge is 0.410 e. The Bertz CT molecular complexity index is 560. The fourth-order valence-electron chi connectivity index (χ4n) is 2.58. The maximum Gasteiger partial charge on any atom is 0.410 e. The van der Waals surface area contributed by atoms with E-state index in [0.717, 1.165) is 28.5 Å². The summed E-state index contributed by atoms with van der Waals surface area (Å²) < 4.78 is 19.5. The number of carbonyl (C=O) groups is 1. The van der Waals surface area contributed by atoms with Crippen molar-refractivity contribution in [3.8, 4) is 0 Å². The Morgan fingerprint density at radius 1 is 1.35 bits per heavy atom. The van der Waals surface area contributed by atoms with E-state index < -0.39 is 5.60 Å². The normalized spacial score (nSPS) is 19.2. The van der Waals surface area contributed by atoms with Gasteiger partial charge in [0, 0.05) is 28.4 Å². The SMILES string of the molecule is CC(C)(C)OC(=O)N1CCCC(Nc2ccc(F)cc2I)CC1. The first kappa shape index (κ1) is 18.3. The molecule has 0 aliphatic carbocycles. The van der Waals surface area contributed by atoms with Gasteiger partial charge in [-0.25, -0.2) is 9.18 Å². The molecular weight excluding hydrogens is 410 g/mol. The highest BCUT2D eigenvalue weighted by Crippen LogP contribution is 2.23. The monoisotopic (exact) mass is 434 g/mol. The molecule has 1 aromatic carbocycles. The Hall–Kier alpha value is -1.05. The van der Waals surface area contributed by atoms with Crippen LogP contribution in [-0.4, -0.2) is 35.7 Å². The average Bonchev–Trinajstić information content (AvgIpc) is 2.66. The molecule has 6 heteroatoms. The minimum atomic E-state index is -0.467. The molecule has 4 nitrogen and oxygen atoms in total. The summed E-state index contributed by atoms with van der Waals surface area (Å²) in [4.78, 5) is 13.9. The van der Waals surface area contributed by atoms with Gasteiger partial charge >= 0.3 is 6.09 Å². The van der Waals surface area contributed by atoms with Crippen molar-refractivity contribution >= 4 is 34.4 Å². The molecule has 0 saturated carbocycles. The summed E-state index contributed by atoms with van der Waals surface area (Å²) >= 11 is 2.13. The van der Waals surface area contributed by atoms with Gasteiger partial charge in [0.2, 0.25) is 0 Å². The standard InChI is InChI=1S/C17H24FIN2O2/c1-17(2,3)23-16(22)21-9-4-5-13(8-10-21)20-15-7-6-12(18)11-14(15)19/h6-7,11,13,20H,4-5,8-10H2,1-3H3. The van der Waals surface area contributed by atoms with Crippen LogP contribution in [0.1, 0.15) is 40.0 Å². The molecule has 1 unspecified atom stereocenters. The number of carbonyl (C=O) groups excluding carboxylic acids is 1. The van der Waals surface area contributed by atoms with Crippen molar-refractivity contribution < 1.29 is 13.9 Å². The highest BCUT2D eigenvalue weighted by Gasteiger charge is 2.25. The molecule has 0 radical (unpaired) electrons. The van der Waals surface area contributed by atoms with Crippen LogP contribution < -0.4 is 5.32 Å². The Kier molecular flexibility index (Phi) is 6.11. The number of anilines is 1. The lowest BCUT2D eigenvalue weighted by Crippen LogP contribution is -2.37. The largest absolute Gasteiger partial charge is 0.444 e. The quantitative estimate of drug-likeness (QED) is 0.691. The van der Waals surface area contributed by atoms with Crippen molar-refractivity contribution in [2.45, 2.75) is 51.7 Å². The second-order valence-corrected chi connectivity index (χ2v) is 8.03. The van der Waals surface area contributed by atoms with Crippen LogP contribution in [0, 0.1) is 9.39 Å². The topological polar surface area (TPSA) is 41.6 Å². The number of halogens is 2. The van der Waals surface area contributed by atoms with Gasteiger partial charge in [0.25, 0.3) is 0 Å². The van der Waals surface area contributed by atoms with E-state index in [4.69, 9.17) is 4.74 Å². The Morgan fingerprint density at radius 3 is 2.74 bits per heavy atom. The number of ether oxygens (including phenoxy) is 1. The molecule has 1 amide bonds. The van der Waals surface area contributed by atoms with Crippen LogP contribution in [0.25, 0.3) is 0 Å². The molecule has 1 N–H and O–H groups in total. The van der Waals surface area contributed by atoms with E-state index in [9.17, 15) is 9.18 Å². The highest BCUT2D eigenvalue weighted by atomic mass is 127. The number of nitrogens with one attached hydrogen (secondary N) is 1. The predicted octanol–water partition coefficient (Wildman–Crippen LogP) is 4.63. The van der Waals surface area contributed by atoms with Crippen LogP contribution in [-0.2, 0) is 4.74 Å². The Labute approximate surface area is 150 Å². The van der Waals surface area contributed by atoms with Gasteiger partial charge in [-0.3, -0.25) is 0 Å². The van der Waals surface area contributed by atoms with Gasteiger partial charge in [0.1, 0.15) is 11.4 Å². The van der Waals surface area contributed by atoms with Crippen molar-refractivity contribution in [3.63, 3.8) is 0 Å². The fourth-order valence-corrected chi connectivity index (χ4v) is 3.21. The summed E-state index contributed by atoms with van der Waals surface area (Å²) in [6, 6.07) is 5.04. The van der Waals surface area contributed by atoms with Crippen LogP contribution >= 0.6 is 22.6 Å². The van der Waals surface area contributed by atoms with E-state index in [2.05, 4.69) is 27.9 Å². The van der Waals surface area contributed by atoms with E-state index in [1.807, 2.05) is 20.8 Å². The third-order valence-electron chi connectivity index (χ3n) is 3.67. The maximum absolute atomic E-state index is 13.2. The zero-order chi connectivity index (χ0) is 17.0. The van der Waals surface area contributed by atoms with Crippen LogP contribution in [0.2, 0.25) is 0 Å². The van der Waals surface area contributed by atoms with Crippen LogP contribution in [0.15, 0.2) is 18.2 Å². The van der Waals surface area contributed by atoms with Crippen molar-refractivity contribution in [3.05, 3.63) is 27.6 Å². The van der Waals surface area contributed by atoms with Crippen molar-refractivity contribution in [1.82, 2.24) is 4.90 Å². The van der Waals surface area contributed by atoms with E-state index in [1.165, 1.54) is 12.1 Å². The van der Waals surface area contributed by atoms with Gasteiger partial charge in [-0.2, -0.15) is 0 Å². The van der Waals surface area contributed by atoms with E-state index in [-0.39, 0.29) is 18.0 Å². The molecule has 1 saturated heterocycles.